The zero-order valence-electron chi connectivity index (χ0n) is 10.8. The van der Waals surface area contributed by atoms with Crippen LogP contribution in [-0.2, 0) is 6.54 Å². The number of ether oxygens (including phenoxy) is 1. The van der Waals surface area contributed by atoms with Crippen LogP contribution in [0.5, 0.6) is 5.75 Å². The van der Waals surface area contributed by atoms with Gasteiger partial charge in [0.2, 0.25) is 0 Å². The van der Waals surface area contributed by atoms with Gasteiger partial charge < -0.3 is 10.1 Å². The molecule has 0 fully saturated rings. The molecule has 1 atom stereocenters. The van der Waals surface area contributed by atoms with Crippen LogP contribution in [0.1, 0.15) is 29.9 Å². The number of aromatic nitrogens is 2. The van der Waals surface area contributed by atoms with E-state index < -0.39 is 0 Å². The molecule has 1 heterocycles. The minimum Gasteiger partial charge on any atom is -0.497 e. The van der Waals surface area contributed by atoms with E-state index in [1.54, 1.807) is 7.11 Å². The zero-order valence-corrected chi connectivity index (χ0v) is 10.8. The van der Waals surface area contributed by atoms with Gasteiger partial charge in [-0.25, -0.2) is 4.63 Å². The lowest BCUT2D eigenvalue weighted by Crippen LogP contribution is -2.18. The summed E-state index contributed by atoms with van der Waals surface area (Å²) >= 11 is 0. The molecule has 0 saturated carbocycles. The van der Waals surface area contributed by atoms with Crippen molar-refractivity contribution in [3.05, 3.63) is 41.2 Å². The van der Waals surface area contributed by atoms with Crippen LogP contribution in [0.4, 0.5) is 0 Å². The first kappa shape index (κ1) is 12.6. The molecule has 1 N–H and O–H groups in total. The molecule has 5 heteroatoms. The fourth-order valence-corrected chi connectivity index (χ4v) is 1.67. The second-order valence-corrected chi connectivity index (χ2v) is 4.17. The highest BCUT2D eigenvalue weighted by molar-refractivity contribution is 5.28. The molecule has 1 aromatic carbocycles. The number of hydrogen-bond acceptors (Lipinski definition) is 5. The predicted octanol–water partition coefficient (Wildman–Crippen LogP) is 2.24. The first-order valence-corrected chi connectivity index (χ1v) is 5.86. The highest BCUT2D eigenvalue weighted by Crippen LogP contribution is 2.17. The van der Waals surface area contributed by atoms with Gasteiger partial charge in [0.15, 0.2) is 0 Å². The van der Waals surface area contributed by atoms with Gasteiger partial charge in [-0.3, -0.25) is 0 Å². The Labute approximate surface area is 106 Å². The number of nitrogens with zero attached hydrogens (tertiary/aromatic N) is 2. The average molecular weight is 247 g/mol. The van der Waals surface area contributed by atoms with Crippen LogP contribution >= 0.6 is 0 Å². The summed E-state index contributed by atoms with van der Waals surface area (Å²) < 4.78 is 9.79. The van der Waals surface area contributed by atoms with Crippen LogP contribution in [0.2, 0.25) is 0 Å². The van der Waals surface area contributed by atoms with Crippen LogP contribution in [0.15, 0.2) is 28.9 Å². The molecule has 5 nitrogen and oxygen atoms in total. The Balaban J connectivity index is 1.94. The van der Waals surface area contributed by atoms with Gasteiger partial charge in [-0.1, -0.05) is 22.4 Å². The zero-order chi connectivity index (χ0) is 13.0. The lowest BCUT2D eigenvalue weighted by Gasteiger charge is -2.13. The van der Waals surface area contributed by atoms with Gasteiger partial charge >= 0.3 is 0 Å². The third kappa shape index (κ3) is 2.87. The second-order valence-electron chi connectivity index (χ2n) is 4.17. The van der Waals surface area contributed by atoms with Crippen molar-refractivity contribution in [1.29, 1.82) is 0 Å². The quantitative estimate of drug-likeness (QED) is 0.878. The molecule has 0 aliphatic heterocycles. The lowest BCUT2D eigenvalue weighted by atomic mass is 10.1. The second kappa shape index (κ2) is 5.64. The minimum atomic E-state index is 0.229. The lowest BCUT2D eigenvalue weighted by molar-refractivity contribution is 0.300. The average Bonchev–Trinajstić information content (AvgIpc) is 2.81. The minimum absolute atomic E-state index is 0.229. The summed E-state index contributed by atoms with van der Waals surface area (Å²) in [7, 11) is 1.66. The molecule has 0 aliphatic rings. The molecule has 1 unspecified atom stereocenters. The van der Waals surface area contributed by atoms with Gasteiger partial charge in [-0.2, -0.15) is 0 Å². The Morgan fingerprint density at radius 1 is 1.28 bits per heavy atom. The van der Waals surface area contributed by atoms with Crippen LogP contribution < -0.4 is 10.1 Å². The van der Waals surface area contributed by atoms with Gasteiger partial charge in [-0.05, 0) is 31.5 Å². The molecule has 1 aromatic heterocycles. The van der Waals surface area contributed by atoms with Crippen LogP contribution in [-0.4, -0.2) is 17.4 Å². The predicted molar refractivity (Wildman–Crippen MR) is 67.3 cm³/mol. The summed E-state index contributed by atoms with van der Waals surface area (Å²) in [5.41, 5.74) is 2.87. The molecule has 96 valence electrons. The van der Waals surface area contributed by atoms with Crippen molar-refractivity contribution in [2.24, 2.45) is 0 Å². The van der Waals surface area contributed by atoms with Gasteiger partial charge in [0.25, 0.3) is 0 Å². The van der Waals surface area contributed by atoms with Crippen molar-refractivity contribution in [2.45, 2.75) is 26.4 Å². The summed E-state index contributed by atoms with van der Waals surface area (Å²) in [6, 6.07) is 8.23. The Morgan fingerprint density at radius 3 is 2.56 bits per heavy atom. The highest BCUT2D eigenvalue weighted by atomic mass is 16.6. The van der Waals surface area contributed by atoms with Crippen molar-refractivity contribution >= 4 is 0 Å². The van der Waals surface area contributed by atoms with E-state index in [0.717, 1.165) is 17.1 Å². The molecular weight excluding hydrogens is 230 g/mol. The standard InChI is InChI=1S/C13H17N3O2/c1-9(11-4-6-12(17-3)7-5-11)14-8-13-10(2)15-18-16-13/h4-7,9,14H,8H2,1-3H3. The molecule has 18 heavy (non-hydrogen) atoms. The van der Waals surface area contributed by atoms with E-state index in [1.165, 1.54) is 5.56 Å². The monoisotopic (exact) mass is 247 g/mol. The maximum Gasteiger partial charge on any atom is 0.121 e. The first-order chi connectivity index (χ1) is 8.70. The van der Waals surface area contributed by atoms with E-state index in [4.69, 9.17) is 4.74 Å². The summed E-state index contributed by atoms with van der Waals surface area (Å²) in [4.78, 5) is 0. The molecular formula is C13H17N3O2. The van der Waals surface area contributed by atoms with E-state index >= 15 is 0 Å². The molecule has 0 saturated heterocycles. The fraction of sp³-hybridized carbons (Fsp3) is 0.385. The highest BCUT2D eigenvalue weighted by Gasteiger charge is 2.09. The van der Waals surface area contributed by atoms with E-state index in [0.29, 0.717) is 6.54 Å². The SMILES string of the molecule is COc1ccc(C(C)NCc2nonc2C)cc1. The normalized spacial score (nSPS) is 12.4. The summed E-state index contributed by atoms with van der Waals surface area (Å²) in [6.07, 6.45) is 0. The van der Waals surface area contributed by atoms with Crippen LogP contribution in [0.25, 0.3) is 0 Å². The fourth-order valence-electron chi connectivity index (χ4n) is 1.67. The Morgan fingerprint density at radius 2 is 2.00 bits per heavy atom. The summed E-state index contributed by atoms with van der Waals surface area (Å²) in [5, 5.41) is 11.0. The van der Waals surface area contributed by atoms with Crippen molar-refractivity contribution in [3.8, 4) is 5.75 Å². The van der Waals surface area contributed by atoms with Gasteiger partial charge in [0.05, 0.1) is 7.11 Å². The third-order valence-electron chi connectivity index (χ3n) is 2.94. The number of aryl methyl sites for hydroxylation is 1. The maximum absolute atomic E-state index is 5.13. The van der Waals surface area contributed by atoms with E-state index in [9.17, 15) is 0 Å². The number of benzene rings is 1. The van der Waals surface area contributed by atoms with Crippen molar-refractivity contribution in [1.82, 2.24) is 15.6 Å². The number of rotatable bonds is 5. The molecule has 0 amide bonds. The number of methoxy groups -OCH3 is 1. The molecule has 0 spiro atoms. The summed E-state index contributed by atoms with van der Waals surface area (Å²) in [6.45, 7) is 4.62. The summed E-state index contributed by atoms with van der Waals surface area (Å²) in [5.74, 6) is 0.863. The molecule has 0 radical (unpaired) electrons. The smallest absolute Gasteiger partial charge is 0.121 e. The maximum atomic E-state index is 5.13. The largest absolute Gasteiger partial charge is 0.497 e. The van der Waals surface area contributed by atoms with E-state index in [1.807, 2.05) is 31.2 Å². The van der Waals surface area contributed by atoms with Crippen LogP contribution in [0.3, 0.4) is 0 Å². The molecule has 0 aliphatic carbocycles. The van der Waals surface area contributed by atoms with Gasteiger partial charge in [-0.15, -0.1) is 0 Å². The number of nitrogens with one attached hydrogen (secondary N) is 1. The van der Waals surface area contributed by atoms with Crippen molar-refractivity contribution < 1.29 is 9.37 Å². The van der Waals surface area contributed by atoms with Crippen molar-refractivity contribution in [3.63, 3.8) is 0 Å². The van der Waals surface area contributed by atoms with E-state index in [-0.39, 0.29) is 6.04 Å². The van der Waals surface area contributed by atoms with Gasteiger partial charge in [0.1, 0.15) is 17.1 Å². The Hall–Kier alpha value is -1.88. The number of hydrogen-bond donors (Lipinski definition) is 1. The Bertz CT molecular complexity index is 493. The van der Waals surface area contributed by atoms with E-state index in [2.05, 4.69) is 27.2 Å². The third-order valence-corrected chi connectivity index (χ3v) is 2.94. The van der Waals surface area contributed by atoms with Crippen molar-refractivity contribution in [2.75, 3.05) is 7.11 Å². The Kier molecular flexibility index (Phi) is 3.94. The molecule has 0 bridgehead atoms. The topological polar surface area (TPSA) is 60.2 Å². The first-order valence-electron chi connectivity index (χ1n) is 5.86. The van der Waals surface area contributed by atoms with Crippen LogP contribution in [0, 0.1) is 6.92 Å². The molecule has 2 aromatic rings. The molecule has 2 rings (SSSR count). The van der Waals surface area contributed by atoms with Gasteiger partial charge in [0, 0.05) is 12.6 Å².